The summed E-state index contributed by atoms with van der Waals surface area (Å²) in [5, 5.41) is 3.30. The van der Waals surface area contributed by atoms with Crippen LogP contribution in [-0.4, -0.2) is 39.2 Å². The van der Waals surface area contributed by atoms with Crippen molar-refractivity contribution < 1.29 is 4.74 Å². The van der Waals surface area contributed by atoms with Crippen LogP contribution in [0.25, 0.3) is 0 Å². The molecule has 0 aliphatic carbocycles. The molecule has 1 unspecified atom stereocenters. The molecule has 0 bridgehead atoms. The molecule has 3 rings (SSSR count). The van der Waals surface area contributed by atoms with E-state index in [1.165, 1.54) is 16.4 Å². The Balaban J connectivity index is 1.76. The number of hydrogen-bond donors (Lipinski definition) is 0. The van der Waals surface area contributed by atoms with Gasteiger partial charge in [0.05, 0.1) is 25.2 Å². The third kappa shape index (κ3) is 3.17. The lowest BCUT2D eigenvalue weighted by molar-refractivity contribution is 0.102. The van der Waals surface area contributed by atoms with E-state index in [2.05, 4.69) is 31.9 Å². The first-order valence-electron chi connectivity index (χ1n) is 7.38. The van der Waals surface area contributed by atoms with E-state index < -0.39 is 0 Å². The van der Waals surface area contributed by atoms with Crippen LogP contribution in [0.4, 0.5) is 0 Å². The van der Waals surface area contributed by atoms with Gasteiger partial charge in [0.25, 0.3) is 0 Å². The molecule has 1 aliphatic rings. The summed E-state index contributed by atoms with van der Waals surface area (Å²) in [6, 6.07) is 0. The molecule has 0 spiro atoms. The highest BCUT2D eigenvalue weighted by molar-refractivity contribution is 7.09. The van der Waals surface area contributed by atoms with Gasteiger partial charge >= 0.3 is 0 Å². The van der Waals surface area contributed by atoms with Gasteiger partial charge in [0.15, 0.2) is 0 Å². The number of fused-ring (bicyclic) bond motifs is 1. The van der Waals surface area contributed by atoms with Crippen LogP contribution in [-0.2, 0) is 24.9 Å². The lowest BCUT2D eigenvalue weighted by Crippen LogP contribution is -2.36. The molecule has 114 valence electrons. The largest absolute Gasteiger partial charge is 0.381 e. The minimum Gasteiger partial charge on any atom is -0.381 e. The van der Waals surface area contributed by atoms with E-state index in [1.807, 2.05) is 20.2 Å². The Morgan fingerprint density at radius 1 is 1.48 bits per heavy atom. The van der Waals surface area contributed by atoms with Crippen molar-refractivity contribution in [2.75, 3.05) is 19.8 Å². The normalized spacial score (nSPS) is 18.9. The van der Waals surface area contributed by atoms with Crippen molar-refractivity contribution in [1.82, 2.24) is 19.4 Å². The topological polar surface area (TPSA) is 43.2 Å². The molecule has 1 aliphatic heterocycles. The van der Waals surface area contributed by atoms with Crippen molar-refractivity contribution in [2.24, 2.45) is 7.05 Å². The van der Waals surface area contributed by atoms with Crippen LogP contribution < -0.4 is 0 Å². The molecule has 2 aromatic heterocycles. The average Bonchev–Trinajstić information content (AvgIpc) is 3.03. The zero-order valence-corrected chi connectivity index (χ0v) is 13.7. The lowest BCUT2D eigenvalue weighted by atomic mass is 9.99. The highest BCUT2D eigenvalue weighted by Gasteiger charge is 2.29. The van der Waals surface area contributed by atoms with Gasteiger partial charge in [0.1, 0.15) is 5.01 Å². The molecule has 0 aromatic carbocycles. The number of nitrogens with zero attached hydrogens (tertiary/aromatic N) is 4. The van der Waals surface area contributed by atoms with E-state index >= 15 is 0 Å². The Labute approximate surface area is 129 Å². The zero-order chi connectivity index (χ0) is 14.8. The van der Waals surface area contributed by atoms with E-state index in [4.69, 9.17) is 4.74 Å². The zero-order valence-electron chi connectivity index (χ0n) is 12.9. The first-order valence-corrected chi connectivity index (χ1v) is 8.26. The summed E-state index contributed by atoms with van der Waals surface area (Å²) >= 11 is 1.74. The smallest absolute Gasteiger partial charge is 0.107 e. The van der Waals surface area contributed by atoms with E-state index in [9.17, 15) is 0 Å². The number of hydrogen-bond acceptors (Lipinski definition) is 5. The molecule has 0 fully saturated rings. The highest BCUT2D eigenvalue weighted by atomic mass is 32.1. The fraction of sp³-hybridized carbons (Fsp3) is 0.600. The second-order valence-electron chi connectivity index (χ2n) is 5.60. The molecule has 0 amide bonds. The van der Waals surface area contributed by atoms with Crippen molar-refractivity contribution in [2.45, 2.75) is 32.9 Å². The Morgan fingerprint density at radius 3 is 3.05 bits per heavy atom. The van der Waals surface area contributed by atoms with Crippen LogP contribution in [0.1, 0.15) is 34.9 Å². The SMILES string of the molecule is CCOCC1CN(Cc2nc(C)cs2)Cc2ncn(C)c21. The van der Waals surface area contributed by atoms with Gasteiger partial charge in [-0.25, -0.2) is 9.97 Å². The van der Waals surface area contributed by atoms with Crippen LogP contribution in [0.5, 0.6) is 0 Å². The summed E-state index contributed by atoms with van der Waals surface area (Å²) in [5.41, 5.74) is 3.62. The Morgan fingerprint density at radius 2 is 2.33 bits per heavy atom. The molecule has 0 radical (unpaired) electrons. The van der Waals surface area contributed by atoms with Gasteiger partial charge in [-0.05, 0) is 13.8 Å². The number of ether oxygens (including phenoxy) is 1. The van der Waals surface area contributed by atoms with Gasteiger partial charge in [0, 0.05) is 49.4 Å². The first kappa shape index (κ1) is 14.7. The maximum absolute atomic E-state index is 5.68. The van der Waals surface area contributed by atoms with Crippen molar-refractivity contribution in [1.29, 1.82) is 0 Å². The van der Waals surface area contributed by atoms with Gasteiger partial charge in [-0.15, -0.1) is 11.3 Å². The van der Waals surface area contributed by atoms with Gasteiger partial charge in [-0.2, -0.15) is 0 Å². The maximum Gasteiger partial charge on any atom is 0.107 e. The standard InChI is InChI=1S/C15H22N4OS/c1-4-20-8-12-5-19(7-14-17-11(2)9-21-14)6-13-15(12)18(3)10-16-13/h9-10,12H,4-8H2,1-3H3. The van der Waals surface area contributed by atoms with Crippen LogP contribution in [0.15, 0.2) is 11.7 Å². The van der Waals surface area contributed by atoms with Crippen molar-refractivity contribution in [3.05, 3.63) is 33.8 Å². The molecule has 2 aromatic rings. The fourth-order valence-electron chi connectivity index (χ4n) is 2.99. The van der Waals surface area contributed by atoms with Gasteiger partial charge in [-0.1, -0.05) is 0 Å². The van der Waals surface area contributed by atoms with Crippen molar-refractivity contribution in [3.8, 4) is 0 Å². The number of imidazole rings is 1. The number of rotatable bonds is 5. The molecule has 5 nitrogen and oxygen atoms in total. The van der Waals surface area contributed by atoms with Crippen molar-refractivity contribution >= 4 is 11.3 Å². The molecule has 6 heteroatoms. The summed E-state index contributed by atoms with van der Waals surface area (Å²) in [7, 11) is 2.07. The van der Waals surface area contributed by atoms with Gasteiger partial charge < -0.3 is 9.30 Å². The minimum absolute atomic E-state index is 0.391. The molecule has 3 heterocycles. The lowest BCUT2D eigenvalue weighted by Gasteiger charge is -2.32. The highest BCUT2D eigenvalue weighted by Crippen LogP contribution is 2.28. The van der Waals surface area contributed by atoms with Crippen LogP contribution in [0.3, 0.4) is 0 Å². The predicted molar refractivity (Wildman–Crippen MR) is 83.4 cm³/mol. The summed E-state index contributed by atoms with van der Waals surface area (Å²) < 4.78 is 7.82. The molecule has 0 saturated heterocycles. The molecule has 0 saturated carbocycles. The summed E-state index contributed by atoms with van der Waals surface area (Å²) in [4.78, 5) is 11.6. The van der Waals surface area contributed by atoms with Crippen molar-refractivity contribution in [3.63, 3.8) is 0 Å². The summed E-state index contributed by atoms with van der Waals surface area (Å²) in [6.07, 6.45) is 1.92. The third-order valence-corrected chi connectivity index (χ3v) is 4.80. The Kier molecular flexibility index (Phi) is 4.37. The summed E-state index contributed by atoms with van der Waals surface area (Å²) in [6.45, 7) is 8.42. The number of aryl methyl sites for hydroxylation is 2. The van der Waals surface area contributed by atoms with E-state index in [0.717, 1.165) is 38.5 Å². The molecule has 0 N–H and O–H groups in total. The maximum atomic E-state index is 5.68. The molecular weight excluding hydrogens is 284 g/mol. The van der Waals surface area contributed by atoms with Gasteiger partial charge in [-0.3, -0.25) is 4.90 Å². The van der Waals surface area contributed by atoms with Gasteiger partial charge in [0.2, 0.25) is 0 Å². The van der Waals surface area contributed by atoms with Crippen LogP contribution in [0.2, 0.25) is 0 Å². The Hall–Kier alpha value is -1.24. The first-order chi connectivity index (χ1) is 10.2. The molecular formula is C15H22N4OS. The fourth-order valence-corrected chi connectivity index (χ4v) is 3.80. The number of thiazole rings is 1. The number of aromatic nitrogens is 3. The van der Waals surface area contributed by atoms with E-state index in [1.54, 1.807) is 11.3 Å². The van der Waals surface area contributed by atoms with Crippen LogP contribution in [0, 0.1) is 6.92 Å². The minimum atomic E-state index is 0.391. The van der Waals surface area contributed by atoms with E-state index in [-0.39, 0.29) is 0 Å². The molecule has 1 atom stereocenters. The molecule has 21 heavy (non-hydrogen) atoms. The van der Waals surface area contributed by atoms with Crippen LogP contribution >= 0.6 is 11.3 Å². The second-order valence-corrected chi connectivity index (χ2v) is 6.54. The predicted octanol–water partition coefficient (Wildman–Crippen LogP) is 2.32. The third-order valence-electron chi connectivity index (χ3n) is 3.85. The second kappa shape index (κ2) is 6.25. The average molecular weight is 306 g/mol. The Bertz CT molecular complexity index is 607. The monoisotopic (exact) mass is 306 g/mol. The quantitative estimate of drug-likeness (QED) is 0.850. The summed E-state index contributed by atoms with van der Waals surface area (Å²) in [5.74, 6) is 0.391. The van der Waals surface area contributed by atoms with E-state index in [0.29, 0.717) is 5.92 Å².